The molecule has 0 unspecified atom stereocenters. The zero-order valence-corrected chi connectivity index (χ0v) is 19.3. The maximum absolute atomic E-state index is 12.5. The Bertz CT molecular complexity index is 1170. The Hall–Kier alpha value is -3.35. The van der Waals surface area contributed by atoms with Crippen LogP contribution < -0.4 is 15.6 Å². The molecule has 0 radical (unpaired) electrons. The van der Waals surface area contributed by atoms with Crippen LogP contribution in [0.5, 0.6) is 0 Å². The summed E-state index contributed by atoms with van der Waals surface area (Å²) >= 11 is 12.0. The Morgan fingerprint density at radius 2 is 1.59 bits per heavy atom. The van der Waals surface area contributed by atoms with Gasteiger partial charge in [-0.2, -0.15) is 5.10 Å². The third-order valence-corrected chi connectivity index (χ3v) is 5.23. The van der Waals surface area contributed by atoms with Gasteiger partial charge in [-0.25, -0.2) is 5.43 Å². The van der Waals surface area contributed by atoms with Crippen molar-refractivity contribution >= 4 is 52.1 Å². The van der Waals surface area contributed by atoms with Crippen LogP contribution in [0, 0.1) is 0 Å². The molecule has 0 spiro atoms. The molecular weight excluding hydrogens is 447 g/mol. The summed E-state index contributed by atoms with van der Waals surface area (Å²) in [5, 5.41) is 7.72. The molecule has 6 nitrogen and oxygen atoms in total. The third kappa shape index (κ3) is 5.87. The molecule has 0 atom stereocenters. The number of nitrogens with one attached hydrogen (secondary N) is 2. The minimum absolute atomic E-state index is 0.269. The molecule has 0 saturated heterocycles. The summed E-state index contributed by atoms with van der Waals surface area (Å²) in [6.45, 7) is 1.77. The summed E-state index contributed by atoms with van der Waals surface area (Å²) in [6, 6.07) is 19.0. The first kappa shape index (κ1) is 23.3. The Morgan fingerprint density at radius 3 is 2.25 bits per heavy atom. The van der Waals surface area contributed by atoms with Gasteiger partial charge >= 0.3 is 0 Å². The van der Waals surface area contributed by atoms with Gasteiger partial charge in [0.1, 0.15) is 0 Å². The molecule has 32 heavy (non-hydrogen) atoms. The molecule has 8 heteroatoms. The molecule has 0 heterocycles. The van der Waals surface area contributed by atoms with E-state index in [0.29, 0.717) is 27.5 Å². The number of carbonyl (C=O) groups is 2. The number of anilines is 2. The average Bonchev–Trinajstić information content (AvgIpc) is 2.77. The molecule has 0 aliphatic rings. The van der Waals surface area contributed by atoms with Crippen LogP contribution in [-0.2, 0) is 0 Å². The van der Waals surface area contributed by atoms with Gasteiger partial charge in [0, 0.05) is 36.1 Å². The third-order valence-electron chi connectivity index (χ3n) is 4.69. The molecule has 164 valence electrons. The minimum atomic E-state index is -0.354. The summed E-state index contributed by atoms with van der Waals surface area (Å²) in [5.41, 5.74) is 6.29. The van der Waals surface area contributed by atoms with Crippen molar-refractivity contribution in [2.45, 2.75) is 6.92 Å². The monoisotopic (exact) mass is 468 g/mol. The van der Waals surface area contributed by atoms with Gasteiger partial charge < -0.3 is 10.2 Å². The maximum atomic E-state index is 12.5. The molecule has 3 rings (SSSR count). The van der Waals surface area contributed by atoms with E-state index in [1.807, 2.05) is 37.2 Å². The van der Waals surface area contributed by atoms with E-state index in [9.17, 15) is 9.59 Å². The molecule has 0 fully saturated rings. The number of amides is 2. The van der Waals surface area contributed by atoms with Crippen LogP contribution in [0.3, 0.4) is 0 Å². The van der Waals surface area contributed by atoms with Gasteiger partial charge in [-0.15, -0.1) is 0 Å². The van der Waals surface area contributed by atoms with Gasteiger partial charge in [-0.1, -0.05) is 35.3 Å². The van der Waals surface area contributed by atoms with Crippen molar-refractivity contribution in [1.29, 1.82) is 0 Å². The molecule has 2 N–H and O–H groups in total. The van der Waals surface area contributed by atoms with Crippen molar-refractivity contribution in [2.75, 3.05) is 24.3 Å². The molecule has 0 aromatic heterocycles. The highest BCUT2D eigenvalue weighted by molar-refractivity contribution is 6.37. The lowest BCUT2D eigenvalue weighted by molar-refractivity contribution is 0.0954. The Balaban J connectivity index is 1.68. The largest absolute Gasteiger partial charge is 0.378 e. The van der Waals surface area contributed by atoms with Gasteiger partial charge in [0.05, 0.1) is 16.3 Å². The van der Waals surface area contributed by atoms with Gasteiger partial charge in [0.25, 0.3) is 11.8 Å². The molecule has 0 saturated carbocycles. The fourth-order valence-electron chi connectivity index (χ4n) is 2.87. The highest BCUT2D eigenvalue weighted by Crippen LogP contribution is 2.22. The number of hydrogen-bond donors (Lipinski definition) is 2. The van der Waals surface area contributed by atoms with E-state index in [-0.39, 0.29) is 16.8 Å². The van der Waals surface area contributed by atoms with Crippen LogP contribution in [0.2, 0.25) is 10.0 Å². The van der Waals surface area contributed by atoms with Crippen LogP contribution in [-0.4, -0.2) is 31.6 Å². The lowest BCUT2D eigenvalue weighted by Gasteiger charge is -2.12. The van der Waals surface area contributed by atoms with Crippen LogP contribution in [0.4, 0.5) is 11.4 Å². The second kappa shape index (κ2) is 10.3. The van der Waals surface area contributed by atoms with E-state index in [2.05, 4.69) is 15.8 Å². The Kier molecular flexibility index (Phi) is 7.51. The van der Waals surface area contributed by atoms with Crippen molar-refractivity contribution in [3.05, 3.63) is 93.5 Å². The normalized spacial score (nSPS) is 11.1. The summed E-state index contributed by atoms with van der Waals surface area (Å²) in [4.78, 5) is 26.9. The topological polar surface area (TPSA) is 73.8 Å². The standard InChI is InChI=1S/C24H22Cl2N4O2/c1-15(28-29-23(31)16-7-10-20(11-8-16)30(2)3)17-5-4-6-19(13-17)27-24(32)21-12-9-18(25)14-22(21)26/h4-14H,1-3H3,(H,27,32)(H,29,31). The van der Waals surface area contributed by atoms with Crippen molar-refractivity contribution in [3.8, 4) is 0 Å². The highest BCUT2D eigenvalue weighted by Gasteiger charge is 2.12. The van der Waals surface area contributed by atoms with Crippen molar-refractivity contribution < 1.29 is 9.59 Å². The predicted octanol–water partition coefficient (Wildman–Crippen LogP) is 5.47. The number of hydrazone groups is 1. The highest BCUT2D eigenvalue weighted by atomic mass is 35.5. The fraction of sp³-hybridized carbons (Fsp3) is 0.125. The van der Waals surface area contributed by atoms with Crippen molar-refractivity contribution in [1.82, 2.24) is 5.43 Å². The van der Waals surface area contributed by atoms with Gasteiger partial charge in [-0.05, 0) is 67.1 Å². The van der Waals surface area contributed by atoms with Crippen LogP contribution in [0.1, 0.15) is 33.2 Å². The Morgan fingerprint density at radius 1 is 0.875 bits per heavy atom. The molecule has 3 aromatic rings. The van der Waals surface area contributed by atoms with E-state index in [4.69, 9.17) is 23.2 Å². The van der Waals surface area contributed by atoms with E-state index in [0.717, 1.165) is 11.3 Å². The molecular formula is C24H22Cl2N4O2. The van der Waals surface area contributed by atoms with E-state index < -0.39 is 0 Å². The minimum Gasteiger partial charge on any atom is -0.378 e. The van der Waals surface area contributed by atoms with Crippen LogP contribution in [0.15, 0.2) is 71.8 Å². The first-order valence-corrected chi connectivity index (χ1v) is 10.5. The summed E-state index contributed by atoms with van der Waals surface area (Å²) in [6.07, 6.45) is 0. The quantitative estimate of drug-likeness (QED) is 0.372. The number of hydrogen-bond acceptors (Lipinski definition) is 4. The smallest absolute Gasteiger partial charge is 0.271 e. The molecule has 0 aliphatic heterocycles. The summed E-state index contributed by atoms with van der Waals surface area (Å²) in [5.74, 6) is -0.663. The predicted molar refractivity (Wildman–Crippen MR) is 131 cm³/mol. The number of carbonyl (C=O) groups excluding carboxylic acids is 2. The second-order valence-corrected chi connectivity index (χ2v) is 8.08. The molecule has 0 bridgehead atoms. The second-order valence-electron chi connectivity index (χ2n) is 7.24. The number of benzene rings is 3. The van der Waals surface area contributed by atoms with Gasteiger partial charge in [0.15, 0.2) is 0 Å². The van der Waals surface area contributed by atoms with E-state index >= 15 is 0 Å². The number of nitrogens with zero attached hydrogens (tertiary/aromatic N) is 2. The summed E-state index contributed by atoms with van der Waals surface area (Å²) < 4.78 is 0. The van der Waals surface area contributed by atoms with Crippen LogP contribution >= 0.6 is 23.2 Å². The zero-order valence-electron chi connectivity index (χ0n) is 17.8. The average molecular weight is 469 g/mol. The number of halogens is 2. The molecule has 2 amide bonds. The molecule has 3 aromatic carbocycles. The lowest BCUT2D eigenvalue weighted by Crippen LogP contribution is -2.19. The van der Waals surface area contributed by atoms with Crippen LogP contribution in [0.25, 0.3) is 0 Å². The zero-order chi connectivity index (χ0) is 23.3. The fourth-order valence-corrected chi connectivity index (χ4v) is 3.36. The number of rotatable bonds is 6. The van der Waals surface area contributed by atoms with Crippen molar-refractivity contribution in [2.24, 2.45) is 5.10 Å². The maximum Gasteiger partial charge on any atom is 0.271 e. The van der Waals surface area contributed by atoms with E-state index in [1.165, 1.54) is 6.07 Å². The SMILES string of the molecule is CC(=NNC(=O)c1ccc(N(C)C)cc1)c1cccc(NC(=O)c2ccc(Cl)cc2Cl)c1. The first-order valence-electron chi connectivity index (χ1n) is 9.73. The van der Waals surface area contributed by atoms with Crippen molar-refractivity contribution in [3.63, 3.8) is 0 Å². The first-order chi connectivity index (χ1) is 15.2. The molecule has 0 aliphatic carbocycles. The summed E-state index contributed by atoms with van der Waals surface area (Å²) in [7, 11) is 3.87. The lowest BCUT2D eigenvalue weighted by atomic mass is 10.1. The Labute approximate surface area is 196 Å². The van der Waals surface area contributed by atoms with Gasteiger partial charge in [-0.3, -0.25) is 9.59 Å². The van der Waals surface area contributed by atoms with E-state index in [1.54, 1.807) is 49.4 Å². The van der Waals surface area contributed by atoms with Gasteiger partial charge in [0.2, 0.25) is 0 Å².